The van der Waals surface area contributed by atoms with Gasteiger partial charge in [0, 0.05) is 37.9 Å². The molecule has 2 aromatic rings. The molecule has 5 nitrogen and oxygen atoms in total. The van der Waals surface area contributed by atoms with E-state index in [1.165, 1.54) is 37.7 Å². The van der Waals surface area contributed by atoms with E-state index in [0.29, 0.717) is 11.8 Å². The summed E-state index contributed by atoms with van der Waals surface area (Å²) < 4.78 is 0. The molecule has 1 aliphatic heterocycles. The summed E-state index contributed by atoms with van der Waals surface area (Å²) in [4.78, 5) is 24.1. The van der Waals surface area contributed by atoms with Crippen molar-refractivity contribution in [2.24, 2.45) is 17.3 Å². The van der Waals surface area contributed by atoms with Gasteiger partial charge in [-0.25, -0.2) is 9.97 Å². The Kier molecular flexibility index (Phi) is 6.63. The molecule has 1 amide bonds. The summed E-state index contributed by atoms with van der Waals surface area (Å²) in [6, 6.07) is 9.11. The number of hydrogen-bond acceptors (Lipinski definition) is 4. The first-order valence-corrected chi connectivity index (χ1v) is 13.7. The van der Waals surface area contributed by atoms with E-state index in [4.69, 9.17) is 0 Å². The van der Waals surface area contributed by atoms with Gasteiger partial charge in [0.15, 0.2) is 0 Å². The van der Waals surface area contributed by atoms with Gasteiger partial charge in [-0.3, -0.25) is 4.79 Å². The summed E-state index contributed by atoms with van der Waals surface area (Å²) >= 11 is 0. The number of amides is 1. The van der Waals surface area contributed by atoms with Gasteiger partial charge in [-0.05, 0) is 83.9 Å². The molecule has 2 aliphatic carbocycles. The van der Waals surface area contributed by atoms with Crippen LogP contribution in [-0.4, -0.2) is 35.5 Å². The molecule has 1 saturated heterocycles. The molecule has 0 radical (unpaired) electrons. The second kappa shape index (κ2) is 9.55. The molecule has 1 aromatic heterocycles. The van der Waals surface area contributed by atoms with Gasteiger partial charge >= 0.3 is 0 Å². The third kappa shape index (κ3) is 4.59. The van der Waals surface area contributed by atoms with Crippen molar-refractivity contribution in [3.63, 3.8) is 0 Å². The molecule has 0 unspecified atom stereocenters. The number of fused-ring (bicyclic) bond motifs is 3. The van der Waals surface area contributed by atoms with Crippen LogP contribution >= 0.6 is 0 Å². The molecule has 3 aliphatic rings. The molecule has 2 fully saturated rings. The number of anilines is 1. The van der Waals surface area contributed by atoms with Crippen LogP contribution in [0.15, 0.2) is 36.7 Å². The molecule has 0 spiro atoms. The quantitative estimate of drug-likeness (QED) is 0.609. The summed E-state index contributed by atoms with van der Waals surface area (Å²) in [5, 5.41) is 3.43. The molecule has 1 aromatic carbocycles. The Morgan fingerprint density at radius 3 is 2.57 bits per heavy atom. The predicted molar refractivity (Wildman–Crippen MR) is 142 cm³/mol. The molecule has 1 saturated carbocycles. The Bertz CT molecular complexity index is 1050. The van der Waals surface area contributed by atoms with Crippen LogP contribution in [0.3, 0.4) is 0 Å². The van der Waals surface area contributed by atoms with Crippen molar-refractivity contribution in [3.8, 4) is 0 Å². The van der Waals surface area contributed by atoms with Crippen molar-refractivity contribution in [3.05, 3.63) is 53.3 Å². The molecule has 188 valence electrons. The van der Waals surface area contributed by atoms with Crippen LogP contribution in [0, 0.1) is 17.3 Å². The molecule has 35 heavy (non-hydrogen) atoms. The van der Waals surface area contributed by atoms with Gasteiger partial charge in [0.25, 0.3) is 0 Å². The summed E-state index contributed by atoms with van der Waals surface area (Å²) in [7, 11) is 0. The van der Waals surface area contributed by atoms with E-state index in [9.17, 15) is 4.79 Å². The van der Waals surface area contributed by atoms with Crippen molar-refractivity contribution in [2.45, 2.75) is 84.0 Å². The minimum Gasteiger partial charge on any atom is -0.355 e. The van der Waals surface area contributed by atoms with Gasteiger partial charge in [-0.2, -0.15) is 0 Å². The fraction of sp³-hybridized carbons (Fsp3) is 0.633. The maximum absolute atomic E-state index is 13.2. The van der Waals surface area contributed by atoms with E-state index in [1.807, 2.05) is 6.07 Å². The average molecular weight is 475 g/mol. The predicted octanol–water partition coefficient (Wildman–Crippen LogP) is 5.64. The van der Waals surface area contributed by atoms with Crippen LogP contribution in [0.2, 0.25) is 0 Å². The second-order valence-corrected chi connectivity index (χ2v) is 12.1. The molecular formula is C30H42N4O. The Morgan fingerprint density at radius 1 is 1.11 bits per heavy atom. The van der Waals surface area contributed by atoms with Gasteiger partial charge in [-0.15, -0.1) is 0 Å². The number of carbonyl (C=O) groups is 1. The van der Waals surface area contributed by atoms with Crippen LogP contribution in [0.25, 0.3) is 0 Å². The number of hydrogen-bond donors (Lipinski definition) is 1. The lowest BCUT2D eigenvalue weighted by Crippen LogP contribution is -2.54. The van der Waals surface area contributed by atoms with Crippen LogP contribution in [-0.2, 0) is 16.6 Å². The van der Waals surface area contributed by atoms with E-state index < -0.39 is 0 Å². The smallest absolute Gasteiger partial charge is 0.225 e. The molecular weight excluding hydrogens is 432 g/mol. The van der Waals surface area contributed by atoms with Crippen molar-refractivity contribution < 1.29 is 4.79 Å². The summed E-state index contributed by atoms with van der Waals surface area (Å²) in [5.74, 6) is 2.29. The maximum atomic E-state index is 13.2. The first-order chi connectivity index (χ1) is 16.8. The van der Waals surface area contributed by atoms with E-state index in [0.717, 1.165) is 38.4 Å². The Morgan fingerprint density at radius 2 is 1.86 bits per heavy atom. The van der Waals surface area contributed by atoms with Gasteiger partial charge in [0.05, 0.1) is 0 Å². The van der Waals surface area contributed by atoms with E-state index in [2.05, 4.69) is 66.1 Å². The zero-order chi connectivity index (χ0) is 24.6. The maximum Gasteiger partial charge on any atom is 0.225 e. The number of benzene rings is 1. The highest BCUT2D eigenvalue weighted by molar-refractivity contribution is 5.79. The van der Waals surface area contributed by atoms with Crippen LogP contribution in [0.1, 0.15) is 88.8 Å². The SMILES string of the molecule is CC(C)c1ccc2c(c1)CC[C@H]1[C@](C)(CNC(=O)C3CCN(c4ncccn4)CC3)CCC[C@]21C. The fourth-order valence-electron chi connectivity index (χ4n) is 7.44. The number of nitrogens with one attached hydrogen (secondary N) is 1. The summed E-state index contributed by atoms with van der Waals surface area (Å²) in [6.07, 6.45) is 11.4. The first kappa shape index (κ1) is 24.3. The number of aryl methyl sites for hydroxylation is 1. The van der Waals surface area contributed by atoms with Crippen molar-refractivity contribution in [1.29, 1.82) is 0 Å². The van der Waals surface area contributed by atoms with Gasteiger partial charge < -0.3 is 10.2 Å². The Labute approximate surface area is 211 Å². The molecule has 0 bridgehead atoms. The average Bonchev–Trinajstić information content (AvgIpc) is 2.87. The third-order valence-corrected chi connectivity index (χ3v) is 9.54. The Hall–Kier alpha value is -2.43. The lowest BCUT2D eigenvalue weighted by molar-refractivity contribution is -0.126. The largest absolute Gasteiger partial charge is 0.355 e. The van der Waals surface area contributed by atoms with Crippen LogP contribution in [0.4, 0.5) is 5.95 Å². The minimum absolute atomic E-state index is 0.0927. The highest BCUT2D eigenvalue weighted by Gasteiger charge is 2.51. The lowest BCUT2D eigenvalue weighted by atomic mass is 9.49. The van der Waals surface area contributed by atoms with Gasteiger partial charge in [0.1, 0.15) is 0 Å². The van der Waals surface area contributed by atoms with Crippen molar-refractivity contribution >= 4 is 11.9 Å². The van der Waals surface area contributed by atoms with Crippen molar-refractivity contribution in [1.82, 2.24) is 15.3 Å². The number of rotatable bonds is 5. The van der Waals surface area contributed by atoms with Gasteiger partial charge in [0.2, 0.25) is 11.9 Å². The number of nitrogens with zero attached hydrogens (tertiary/aromatic N) is 3. The summed E-state index contributed by atoms with van der Waals surface area (Å²) in [6.45, 7) is 12.0. The Balaban J connectivity index is 1.23. The second-order valence-electron chi connectivity index (χ2n) is 12.1. The third-order valence-electron chi connectivity index (χ3n) is 9.54. The monoisotopic (exact) mass is 474 g/mol. The minimum atomic E-state index is 0.0927. The highest BCUT2D eigenvalue weighted by atomic mass is 16.1. The molecule has 3 atom stereocenters. The van der Waals surface area contributed by atoms with E-state index in [1.54, 1.807) is 23.5 Å². The molecule has 2 heterocycles. The van der Waals surface area contributed by atoms with E-state index >= 15 is 0 Å². The van der Waals surface area contributed by atoms with E-state index in [-0.39, 0.29) is 22.7 Å². The highest BCUT2D eigenvalue weighted by Crippen LogP contribution is 2.57. The fourth-order valence-corrected chi connectivity index (χ4v) is 7.44. The van der Waals surface area contributed by atoms with Crippen molar-refractivity contribution in [2.75, 3.05) is 24.5 Å². The van der Waals surface area contributed by atoms with Crippen LogP contribution in [0.5, 0.6) is 0 Å². The molecule has 5 rings (SSSR count). The van der Waals surface area contributed by atoms with Crippen LogP contribution < -0.4 is 10.2 Å². The standard InChI is InChI=1S/C30H42N4O/c1-21(2)23-7-9-25-24(19-23)8-10-26-29(3,13-5-14-30(25,26)4)20-33-27(35)22-11-17-34(18-12-22)28-31-15-6-16-32-28/h6-7,9,15-16,19,21-22,26H,5,8,10-14,17-18,20H2,1-4H3,(H,33,35)/t26-,29-,30+/m0/s1. The normalized spacial score (nSPS) is 28.9. The van der Waals surface area contributed by atoms with Gasteiger partial charge in [-0.1, -0.05) is 52.3 Å². The zero-order valence-corrected chi connectivity index (χ0v) is 22.0. The topological polar surface area (TPSA) is 58.1 Å². The number of piperidine rings is 1. The lowest BCUT2D eigenvalue weighted by Gasteiger charge is -2.55. The molecule has 1 N–H and O–H groups in total. The number of aromatic nitrogens is 2. The number of carbonyl (C=O) groups excluding carboxylic acids is 1. The first-order valence-electron chi connectivity index (χ1n) is 13.7. The molecule has 5 heteroatoms. The summed E-state index contributed by atoms with van der Waals surface area (Å²) in [5.41, 5.74) is 4.96. The zero-order valence-electron chi connectivity index (χ0n) is 22.0.